The molecule has 1 aromatic carbocycles. The maximum absolute atomic E-state index is 11.9. The van der Waals surface area contributed by atoms with E-state index in [9.17, 15) is 4.79 Å². The first-order valence-corrected chi connectivity index (χ1v) is 6.42. The molecule has 1 aromatic rings. The lowest BCUT2D eigenvalue weighted by atomic mass is 9.90. The van der Waals surface area contributed by atoms with Crippen LogP contribution in [0.1, 0.15) is 32.8 Å². The number of carbonyl (C=O) groups excluding carboxylic acids is 1. The number of Topliss-reactive ketones (excluding diaryl/α,β-unsaturated/α-hetero) is 1. The molecule has 2 atom stereocenters. The van der Waals surface area contributed by atoms with Gasteiger partial charge in [0.05, 0.1) is 6.54 Å². The van der Waals surface area contributed by atoms with E-state index < -0.39 is 0 Å². The maximum atomic E-state index is 11.9. The fourth-order valence-corrected chi connectivity index (χ4v) is 1.76. The van der Waals surface area contributed by atoms with Crippen molar-refractivity contribution in [1.29, 1.82) is 0 Å². The molecule has 2 nitrogen and oxygen atoms in total. The predicted octanol–water partition coefficient (Wildman–Crippen LogP) is 3.03. The van der Waals surface area contributed by atoms with E-state index in [2.05, 4.69) is 31.3 Å². The van der Waals surface area contributed by atoms with Crippen LogP contribution in [-0.4, -0.2) is 12.3 Å². The van der Waals surface area contributed by atoms with Gasteiger partial charge in [0.25, 0.3) is 0 Å². The normalized spacial score (nSPS) is 14.3. The van der Waals surface area contributed by atoms with Gasteiger partial charge in [-0.25, -0.2) is 0 Å². The quantitative estimate of drug-likeness (QED) is 0.784. The minimum Gasteiger partial charge on any atom is -0.306 e. The summed E-state index contributed by atoms with van der Waals surface area (Å²) in [4.78, 5) is 11.9. The lowest BCUT2D eigenvalue weighted by molar-refractivity contribution is -0.122. The molecule has 0 heterocycles. The van der Waals surface area contributed by atoms with Crippen LogP contribution < -0.4 is 5.32 Å². The summed E-state index contributed by atoms with van der Waals surface area (Å²) in [6.45, 7) is 7.53. The highest BCUT2D eigenvalue weighted by Gasteiger charge is 2.17. The Labute approximate surface area is 104 Å². The predicted molar refractivity (Wildman–Crippen MR) is 71.8 cm³/mol. The van der Waals surface area contributed by atoms with Crippen LogP contribution in [0.15, 0.2) is 30.3 Å². The SMILES string of the molecule is CCC(C)C(C)C(=O)CNCc1ccccc1. The van der Waals surface area contributed by atoms with E-state index >= 15 is 0 Å². The summed E-state index contributed by atoms with van der Waals surface area (Å²) < 4.78 is 0. The van der Waals surface area contributed by atoms with E-state index in [1.807, 2.05) is 25.1 Å². The van der Waals surface area contributed by atoms with Gasteiger partial charge in [0.1, 0.15) is 5.78 Å². The van der Waals surface area contributed by atoms with Crippen LogP contribution in [-0.2, 0) is 11.3 Å². The number of hydrogen-bond acceptors (Lipinski definition) is 2. The smallest absolute Gasteiger partial charge is 0.149 e. The van der Waals surface area contributed by atoms with Gasteiger partial charge in [-0.3, -0.25) is 4.79 Å². The molecule has 0 saturated carbocycles. The molecule has 0 aromatic heterocycles. The average Bonchev–Trinajstić information content (AvgIpc) is 2.38. The van der Waals surface area contributed by atoms with Crippen molar-refractivity contribution in [2.24, 2.45) is 11.8 Å². The average molecular weight is 233 g/mol. The number of hydrogen-bond donors (Lipinski definition) is 1. The summed E-state index contributed by atoms with van der Waals surface area (Å²) >= 11 is 0. The Kier molecular flexibility index (Phi) is 5.92. The van der Waals surface area contributed by atoms with Gasteiger partial charge in [0.15, 0.2) is 0 Å². The third-order valence-corrected chi connectivity index (χ3v) is 3.48. The highest BCUT2D eigenvalue weighted by Crippen LogP contribution is 2.14. The van der Waals surface area contributed by atoms with Crippen molar-refractivity contribution in [1.82, 2.24) is 5.32 Å². The van der Waals surface area contributed by atoms with Crippen molar-refractivity contribution in [3.05, 3.63) is 35.9 Å². The second-order valence-corrected chi connectivity index (χ2v) is 4.73. The van der Waals surface area contributed by atoms with Gasteiger partial charge in [-0.1, -0.05) is 57.5 Å². The van der Waals surface area contributed by atoms with Gasteiger partial charge < -0.3 is 5.32 Å². The molecule has 94 valence electrons. The van der Waals surface area contributed by atoms with Crippen molar-refractivity contribution in [2.45, 2.75) is 33.7 Å². The third-order valence-electron chi connectivity index (χ3n) is 3.48. The van der Waals surface area contributed by atoms with Gasteiger partial charge in [-0.15, -0.1) is 0 Å². The van der Waals surface area contributed by atoms with E-state index in [0.29, 0.717) is 18.2 Å². The van der Waals surface area contributed by atoms with Crippen LogP contribution in [0.5, 0.6) is 0 Å². The van der Waals surface area contributed by atoms with E-state index in [1.165, 1.54) is 5.56 Å². The summed E-state index contributed by atoms with van der Waals surface area (Å²) in [5, 5.41) is 3.21. The molecule has 2 heteroatoms. The molecule has 0 bridgehead atoms. The maximum Gasteiger partial charge on any atom is 0.149 e. The Bertz CT molecular complexity index is 334. The lowest BCUT2D eigenvalue weighted by Gasteiger charge is -2.17. The van der Waals surface area contributed by atoms with Gasteiger partial charge in [0.2, 0.25) is 0 Å². The third kappa shape index (κ3) is 4.70. The number of ketones is 1. The van der Waals surface area contributed by atoms with Crippen LogP contribution in [0.4, 0.5) is 0 Å². The Hall–Kier alpha value is -1.15. The minimum absolute atomic E-state index is 0.156. The monoisotopic (exact) mass is 233 g/mol. The van der Waals surface area contributed by atoms with Crippen molar-refractivity contribution < 1.29 is 4.79 Å². The number of benzene rings is 1. The lowest BCUT2D eigenvalue weighted by Crippen LogP contribution is -2.29. The molecule has 0 fully saturated rings. The standard InChI is InChI=1S/C15H23NO/c1-4-12(2)13(3)15(17)11-16-10-14-8-6-5-7-9-14/h5-9,12-13,16H,4,10-11H2,1-3H3. The van der Waals surface area contributed by atoms with Crippen LogP contribution in [0.2, 0.25) is 0 Å². The van der Waals surface area contributed by atoms with E-state index in [0.717, 1.165) is 13.0 Å². The van der Waals surface area contributed by atoms with E-state index in [-0.39, 0.29) is 5.92 Å². The second kappa shape index (κ2) is 7.23. The molecule has 2 unspecified atom stereocenters. The van der Waals surface area contributed by atoms with Crippen LogP contribution in [0.3, 0.4) is 0 Å². The van der Waals surface area contributed by atoms with Gasteiger partial charge >= 0.3 is 0 Å². The van der Waals surface area contributed by atoms with E-state index in [1.54, 1.807) is 0 Å². The van der Waals surface area contributed by atoms with Crippen molar-refractivity contribution >= 4 is 5.78 Å². The van der Waals surface area contributed by atoms with Crippen LogP contribution in [0, 0.1) is 11.8 Å². The van der Waals surface area contributed by atoms with Crippen molar-refractivity contribution in [2.75, 3.05) is 6.54 Å². The number of rotatable bonds is 7. The molecular weight excluding hydrogens is 210 g/mol. The molecule has 0 aliphatic carbocycles. The molecule has 0 saturated heterocycles. The summed E-state index contributed by atoms with van der Waals surface area (Å²) in [6.07, 6.45) is 1.06. The highest BCUT2D eigenvalue weighted by atomic mass is 16.1. The largest absolute Gasteiger partial charge is 0.306 e. The Balaban J connectivity index is 2.29. The van der Waals surface area contributed by atoms with Crippen LogP contribution in [0.25, 0.3) is 0 Å². The Morgan fingerprint density at radius 1 is 1.24 bits per heavy atom. The zero-order valence-electron chi connectivity index (χ0n) is 11.1. The molecular formula is C15H23NO. The van der Waals surface area contributed by atoms with Gasteiger partial charge in [-0.05, 0) is 11.5 Å². The molecule has 0 amide bonds. The zero-order valence-corrected chi connectivity index (χ0v) is 11.1. The fraction of sp³-hybridized carbons (Fsp3) is 0.533. The minimum atomic E-state index is 0.156. The molecule has 0 spiro atoms. The molecule has 1 rings (SSSR count). The van der Waals surface area contributed by atoms with Crippen molar-refractivity contribution in [3.8, 4) is 0 Å². The summed E-state index contributed by atoms with van der Waals surface area (Å²) in [6, 6.07) is 10.2. The molecule has 0 aliphatic rings. The van der Waals surface area contributed by atoms with Crippen LogP contribution >= 0.6 is 0 Å². The Morgan fingerprint density at radius 2 is 1.88 bits per heavy atom. The summed E-state index contributed by atoms with van der Waals surface area (Å²) in [5.41, 5.74) is 1.22. The molecule has 0 radical (unpaired) electrons. The topological polar surface area (TPSA) is 29.1 Å². The first-order chi connectivity index (χ1) is 8.15. The Morgan fingerprint density at radius 3 is 2.47 bits per heavy atom. The van der Waals surface area contributed by atoms with Gasteiger partial charge in [0, 0.05) is 12.5 Å². The molecule has 0 aliphatic heterocycles. The molecule has 1 N–H and O–H groups in total. The first kappa shape index (κ1) is 13.9. The second-order valence-electron chi connectivity index (χ2n) is 4.73. The summed E-state index contributed by atoms with van der Waals surface area (Å²) in [5.74, 6) is 0.944. The zero-order chi connectivity index (χ0) is 12.7. The van der Waals surface area contributed by atoms with E-state index in [4.69, 9.17) is 0 Å². The number of nitrogens with one attached hydrogen (secondary N) is 1. The number of carbonyl (C=O) groups is 1. The molecule has 17 heavy (non-hydrogen) atoms. The fourth-order valence-electron chi connectivity index (χ4n) is 1.76. The summed E-state index contributed by atoms with van der Waals surface area (Å²) in [7, 11) is 0. The van der Waals surface area contributed by atoms with Crippen molar-refractivity contribution in [3.63, 3.8) is 0 Å². The first-order valence-electron chi connectivity index (χ1n) is 6.42. The highest BCUT2D eigenvalue weighted by molar-refractivity contribution is 5.82. The van der Waals surface area contributed by atoms with Gasteiger partial charge in [-0.2, -0.15) is 0 Å².